The van der Waals surface area contributed by atoms with Crippen LogP contribution in [0.25, 0.3) is 0 Å². The molecule has 0 saturated carbocycles. The van der Waals surface area contributed by atoms with Gasteiger partial charge in [-0.3, -0.25) is 9.59 Å². The maximum atomic E-state index is 13.2. The van der Waals surface area contributed by atoms with Crippen LogP contribution in [0.3, 0.4) is 0 Å². The largest absolute Gasteiger partial charge is 0.339 e. The molecule has 1 fully saturated rings. The van der Waals surface area contributed by atoms with Gasteiger partial charge in [-0.2, -0.15) is 0 Å². The molecular formula is C15H18FNO2. The fourth-order valence-corrected chi connectivity index (χ4v) is 2.45. The van der Waals surface area contributed by atoms with Gasteiger partial charge < -0.3 is 4.90 Å². The number of aryl methyl sites for hydroxylation is 1. The molecule has 0 aromatic heterocycles. The monoisotopic (exact) mass is 263 g/mol. The van der Waals surface area contributed by atoms with Gasteiger partial charge in [-0.25, -0.2) is 4.39 Å². The van der Waals surface area contributed by atoms with Crippen molar-refractivity contribution in [3.63, 3.8) is 0 Å². The average Bonchev–Trinajstić information content (AvgIpc) is 2.41. The Labute approximate surface area is 112 Å². The topological polar surface area (TPSA) is 37.4 Å². The van der Waals surface area contributed by atoms with Crippen LogP contribution in [0, 0.1) is 18.7 Å². The normalized spacial score (nSPS) is 16.5. The van der Waals surface area contributed by atoms with Gasteiger partial charge in [0.05, 0.1) is 0 Å². The lowest BCUT2D eigenvalue weighted by atomic mass is 9.93. The van der Waals surface area contributed by atoms with E-state index in [1.807, 2.05) is 0 Å². The Morgan fingerprint density at radius 2 is 1.89 bits per heavy atom. The highest BCUT2D eigenvalue weighted by molar-refractivity contribution is 5.94. The van der Waals surface area contributed by atoms with E-state index in [-0.39, 0.29) is 23.4 Å². The van der Waals surface area contributed by atoms with E-state index in [9.17, 15) is 14.0 Å². The predicted molar refractivity (Wildman–Crippen MR) is 70.4 cm³/mol. The first-order chi connectivity index (χ1) is 8.99. The Kier molecular flexibility index (Phi) is 3.98. The highest BCUT2D eigenvalue weighted by atomic mass is 19.1. The predicted octanol–water partition coefficient (Wildman–Crippen LogP) is 2.58. The van der Waals surface area contributed by atoms with Crippen molar-refractivity contribution in [3.05, 3.63) is 35.1 Å². The maximum Gasteiger partial charge on any atom is 0.253 e. The number of hydrogen-bond donors (Lipinski definition) is 0. The number of carbonyl (C=O) groups excluding carboxylic acids is 2. The van der Waals surface area contributed by atoms with Crippen LogP contribution < -0.4 is 0 Å². The van der Waals surface area contributed by atoms with Crippen LogP contribution in [0.2, 0.25) is 0 Å². The number of hydrogen-bond acceptors (Lipinski definition) is 2. The van der Waals surface area contributed by atoms with Crippen molar-refractivity contribution in [1.29, 1.82) is 0 Å². The van der Waals surface area contributed by atoms with Gasteiger partial charge in [0.2, 0.25) is 0 Å². The third-order valence-corrected chi connectivity index (χ3v) is 3.76. The summed E-state index contributed by atoms with van der Waals surface area (Å²) in [6.45, 7) is 4.44. The Balaban J connectivity index is 2.05. The lowest BCUT2D eigenvalue weighted by molar-refractivity contribution is -0.121. The molecule has 19 heavy (non-hydrogen) atoms. The number of carbonyl (C=O) groups is 2. The molecule has 1 aliphatic rings. The first-order valence-electron chi connectivity index (χ1n) is 6.55. The zero-order valence-corrected chi connectivity index (χ0v) is 11.3. The number of halogens is 1. The minimum Gasteiger partial charge on any atom is -0.339 e. The Bertz CT molecular complexity index is 505. The van der Waals surface area contributed by atoms with Gasteiger partial charge in [-0.1, -0.05) is 0 Å². The molecule has 2 rings (SSSR count). The first kappa shape index (κ1) is 13.7. The summed E-state index contributed by atoms with van der Waals surface area (Å²) < 4.78 is 13.2. The fourth-order valence-electron chi connectivity index (χ4n) is 2.45. The molecule has 1 heterocycles. The van der Waals surface area contributed by atoms with Crippen molar-refractivity contribution in [2.75, 3.05) is 13.1 Å². The molecule has 1 aliphatic heterocycles. The van der Waals surface area contributed by atoms with Crippen molar-refractivity contribution in [2.24, 2.45) is 5.92 Å². The van der Waals surface area contributed by atoms with E-state index in [0.717, 1.165) is 12.8 Å². The zero-order valence-electron chi connectivity index (χ0n) is 11.3. The van der Waals surface area contributed by atoms with E-state index in [1.165, 1.54) is 12.1 Å². The van der Waals surface area contributed by atoms with Crippen molar-refractivity contribution in [3.8, 4) is 0 Å². The second kappa shape index (κ2) is 5.51. The van der Waals surface area contributed by atoms with Crippen LogP contribution >= 0.6 is 0 Å². The number of likely N-dealkylation sites (tertiary alicyclic amines) is 1. The van der Waals surface area contributed by atoms with E-state index in [4.69, 9.17) is 0 Å². The van der Waals surface area contributed by atoms with E-state index in [1.54, 1.807) is 24.8 Å². The Morgan fingerprint density at radius 1 is 1.26 bits per heavy atom. The number of Topliss-reactive ketones (excluding diaryl/α,β-unsaturated/α-hetero) is 1. The summed E-state index contributed by atoms with van der Waals surface area (Å²) >= 11 is 0. The second-order valence-electron chi connectivity index (χ2n) is 5.14. The van der Waals surface area contributed by atoms with Gasteiger partial charge in [0.1, 0.15) is 11.6 Å². The van der Waals surface area contributed by atoms with Crippen molar-refractivity contribution in [2.45, 2.75) is 26.7 Å². The first-order valence-corrected chi connectivity index (χ1v) is 6.55. The number of rotatable bonds is 2. The van der Waals surface area contributed by atoms with Crippen molar-refractivity contribution in [1.82, 2.24) is 4.90 Å². The van der Waals surface area contributed by atoms with Gasteiger partial charge >= 0.3 is 0 Å². The van der Waals surface area contributed by atoms with Crippen LogP contribution in [-0.2, 0) is 4.79 Å². The average molecular weight is 263 g/mol. The molecule has 4 heteroatoms. The Morgan fingerprint density at radius 3 is 2.42 bits per heavy atom. The van der Waals surface area contributed by atoms with Crippen molar-refractivity contribution < 1.29 is 14.0 Å². The standard InChI is InChI=1S/C15H18FNO2/c1-10-9-13(3-4-14(10)16)15(19)17-7-5-12(6-8-17)11(2)18/h3-4,9,12H,5-8H2,1-2H3. The van der Waals surface area contributed by atoms with E-state index < -0.39 is 0 Å². The molecule has 1 aromatic carbocycles. The summed E-state index contributed by atoms with van der Waals surface area (Å²) in [4.78, 5) is 25.3. The van der Waals surface area contributed by atoms with Crippen LogP contribution in [-0.4, -0.2) is 29.7 Å². The molecule has 0 spiro atoms. The van der Waals surface area contributed by atoms with Crippen molar-refractivity contribution >= 4 is 11.7 Å². The van der Waals surface area contributed by atoms with Gasteiger partial charge in [0.25, 0.3) is 5.91 Å². The van der Waals surface area contributed by atoms with E-state index in [2.05, 4.69) is 0 Å². The smallest absolute Gasteiger partial charge is 0.253 e. The molecule has 1 amide bonds. The number of ketones is 1. The number of nitrogens with zero attached hydrogens (tertiary/aromatic N) is 1. The molecule has 0 radical (unpaired) electrons. The minimum atomic E-state index is -0.299. The summed E-state index contributed by atoms with van der Waals surface area (Å²) in [6.07, 6.45) is 1.45. The fraction of sp³-hybridized carbons (Fsp3) is 0.467. The van der Waals surface area contributed by atoms with Gasteiger partial charge in [0.15, 0.2) is 0 Å². The summed E-state index contributed by atoms with van der Waals surface area (Å²) in [7, 11) is 0. The van der Waals surface area contributed by atoms with E-state index >= 15 is 0 Å². The third-order valence-electron chi connectivity index (χ3n) is 3.76. The van der Waals surface area contributed by atoms with E-state index in [0.29, 0.717) is 24.2 Å². The minimum absolute atomic E-state index is 0.0786. The maximum absolute atomic E-state index is 13.2. The van der Waals surface area contributed by atoms with Gasteiger partial charge in [-0.05, 0) is 50.5 Å². The lowest BCUT2D eigenvalue weighted by Gasteiger charge is -2.31. The molecule has 1 aromatic rings. The quantitative estimate of drug-likeness (QED) is 0.822. The van der Waals surface area contributed by atoms with Crippen LogP contribution in [0.15, 0.2) is 18.2 Å². The SMILES string of the molecule is CC(=O)C1CCN(C(=O)c2ccc(F)c(C)c2)CC1. The lowest BCUT2D eigenvalue weighted by Crippen LogP contribution is -2.39. The summed E-state index contributed by atoms with van der Waals surface area (Å²) in [5.74, 6) is -0.0966. The number of amides is 1. The van der Waals surface area contributed by atoms with Crippen LogP contribution in [0.1, 0.15) is 35.7 Å². The molecule has 0 N–H and O–H groups in total. The van der Waals surface area contributed by atoms with Gasteiger partial charge in [0, 0.05) is 24.6 Å². The molecule has 0 atom stereocenters. The third kappa shape index (κ3) is 3.00. The number of piperidine rings is 1. The van der Waals surface area contributed by atoms with Gasteiger partial charge in [-0.15, -0.1) is 0 Å². The molecule has 0 bridgehead atoms. The molecule has 0 aliphatic carbocycles. The molecule has 102 valence electrons. The Hall–Kier alpha value is -1.71. The second-order valence-corrected chi connectivity index (χ2v) is 5.14. The van der Waals surface area contributed by atoms with Crippen LogP contribution in [0.5, 0.6) is 0 Å². The molecule has 0 unspecified atom stereocenters. The number of benzene rings is 1. The molecule has 1 saturated heterocycles. The summed E-state index contributed by atoms with van der Waals surface area (Å²) in [5, 5.41) is 0. The molecular weight excluding hydrogens is 245 g/mol. The summed E-state index contributed by atoms with van der Waals surface area (Å²) in [5.41, 5.74) is 0.990. The zero-order chi connectivity index (χ0) is 14.0. The van der Waals surface area contributed by atoms with Crippen LogP contribution in [0.4, 0.5) is 4.39 Å². The highest BCUT2D eigenvalue weighted by Crippen LogP contribution is 2.20. The highest BCUT2D eigenvalue weighted by Gasteiger charge is 2.25. The summed E-state index contributed by atoms with van der Waals surface area (Å²) in [6, 6.07) is 4.42. The molecule has 3 nitrogen and oxygen atoms in total.